The highest BCUT2D eigenvalue weighted by Gasteiger charge is 2.09. The van der Waals surface area contributed by atoms with Crippen LogP contribution < -0.4 is 5.69 Å². The second-order valence-electron chi connectivity index (χ2n) is 2.79. The van der Waals surface area contributed by atoms with Crippen LogP contribution in [0.5, 0.6) is 0 Å². The average Bonchev–Trinajstić information content (AvgIpc) is 2.27. The van der Waals surface area contributed by atoms with Gasteiger partial charge in [-0.15, -0.1) is 0 Å². The molecule has 3 heteroatoms. The van der Waals surface area contributed by atoms with E-state index < -0.39 is 0 Å². The molecule has 1 aromatic rings. The Balaban J connectivity index is 2.61. The molecule has 56 valence electrons. The third-order valence-corrected chi connectivity index (χ3v) is 1.78. The monoisotopic (exact) mass is 148 g/mol. The standard InChI is InChI=1S/C8H8N2O/c1-5-2-6-4-9-8(11)10-7(6)3-5/h2,4H,3H2,1H3,(H,9,10,11). The highest BCUT2D eigenvalue weighted by Crippen LogP contribution is 2.19. The molecule has 0 atom stereocenters. The van der Waals surface area contributed by atoms with E-state index in [1.807, 2.05) is 13.0 Å². The lowest BCUT2D eigenvalue weighted by atomic mass is 10.2. The first-order chi connectivity index (χ1) is 5.25. The first-order valence-corrected chi connectivity index (χ1v) is 3.51. The van der Waals surface area contributed by atoms with E-state index in [1.165, 1.54) is 5.57 Å². The van der Waals surface area contributed by atoms with Crippen LogP contribution in [0.25, 0.3) is 6.08 Å². The molecule has 0 spiro atoms. The quantitative estimate of drug-likeness (QED) is 0.589. The Morgan fingerprint density at radius 2 is 2.45 bits per heavy atom. The Labute approximate surface area is 63.8 Å². The van der Waals surface area contributed by atoms with E-state index in [4.69, 9.17) is 0 Å². The molecule has 0 saturated heterocycles. The zero-order valence-corrected chi connectivity index (χ0v) is 6.22. The lowest BCUT2D eigenvalue weighted by Gasteiger charge is -1.93. The molecule has 0 saturated carbocycles. The molecule has 0 aliphatic heterocycles. The third kappa shape index (κ3) is 0.981. The van der Waals surface area contributed by atoms with Crippen molar-refractivity contribution in [3.63, 3.8) is 0 Å². The predicted molar refractivity (Wildman–Crippen MR) is 42.2 cm³/mol. The van der Waals surface area contributed by atoms with Crippen molar-refractivity contribution in [1.29, 1.82) is 0 Å². The molecule has 1 aromatic heterocycles. The molecule has 0 amide bonds. The molecular weight excluding hydrogens is 140 g/mol. The largest absolute Gasteiger partial charge is 0.345 e. The van der Waals surface area contributed by atoms with Crippen molar-refractivity contribution in [3.8, 4) is 0 Å². The summed E-state index contributed by atoms with van der Waals surface area (Å²) in [4.78, 5) is 17.1. The number of fused-ring (bicyclic) bond motifs is 1. The SMILES string of the molecule is CC1=Cc2cnc(=O)[nH]c2C1. The number of rotatable bonds is 0. The first-order valence-electron chi connectivity index (χ1n) is 3.51. The summed E-state index contributed by atoms with van der Waals surface area (Å²) in [7, 11) is 0. The number of nitrogens with zero attached hydrogens (tertiary/aromatic N) is 1. The lowest BCUT2D eigenvalue weighted by Crippen LogP contribution is -2.11. The van der Waals surface area contributed by atoms with E-state index >= 15 is 0 Å². The van der Waals surface area contributed by atoms with E-state index in [-0.39, 0.29) is 5.69 Å². The molecular formula is C8H8N2O. The number of allylic oxidation sites excluding steroid dienone is 1. The molecule has 3 nitrogen and oxygen atoms in total. The van der Waals surface area contributed by atoms with Gasteiger partial charge in [-0.1, -0.05) is 11.6 Å². The topological polar surface area (TPSA) is 45.8 Å². The van der Waals surface area contributed by atoms with Gasteiger partial charge in [-0.25, -0.2) is 9.78 Å². The Bertz CT molecular complexity index is 376. The van der Waals surface area contributed by atoms with Crippen molar-refractivity contribution < 1.29 is 0 Å². The molecule has 1 aliphatic rings. The number of H-pyrrole nitrogens is 1. The Morgan fingerprint density at radius 3 is 3.27 bits per heavy atom. The molecule has 0 fully saturated rings. The highest BCUT2D eigenvalue weighted by atomic mass is 16.1. The van der Waals surface area contributed by atoms with E-state index in [1.54, 1.807) is 6.20 Å². The van der Waals surface area contributed by atoms with Gasteiger partial charge in [-0.05, 0) is 6.92 Å². The molecule has 1 N–H and O–H groups in total. The fraction of sp³-hybridized carbons (Fsp3) is 0.250. The summed E-state index contributed by atoms with van der Waals surface area (Å²) in [6.45, 7) is 2.04. The van der Waals surface area contributed by atoms with Crippen LogP contribution in [-0.4, -0.2) is 9.97 Å². The molecule has 0 unspecified atom stereocenters. The van der Waals surface area contributed by atoms with E-state index in [0.29, 0.717) is 0 Å². The van der Waals surface area contributed by atoms with Gasteiger partial charge in [0.1, 0.15) is 0 Å². The van der Waals surface area contributed by atoms with Gasteiger partial charge in [0, 0.05) is 23.9 Å². The summed E-state index contributed by atoms with van der Waals surface area (Å²) in [5, 5.41) is 0. The van der Waals surface area contributed by atoms with E-state index in [9.17, 15) is 4.79 Å². The van der Waals surface area contributed by atoms with Crippen molar-refractivity contribution >= 4 is 6.08 Å². The molecule has 11 heavy (non-hydrogen) atoms. The summed E-state index contributed by atoms with van der Waals surface area (Å²) in [6, 6.07) is 0. The van der Waals surface area contributed by atoms with Gasteiger partial charge < -0.3 is 4.98 Å². The van der Waals surface area contributed by atoms with Gasteiger partial charge in [-0.2, -0.15) is 0 Å². The molecule has 0 radical (unpaired) electrons. The number of hydrogen-bond acceptors (Lipinski definition) is 2. The van der Waals surface area contributed by atoms with Crippen molar-refractivity contribution in [2.24, 2.45) is 0 Å². The zero-order chi connectivity index (χ0) is 7.84. The smallest absolute Gasteiger partial charge is 0.309 e. The van der Waals surface area contributed by atoms with Crippen molar-refractivity contribution in [3.05, 3.63) is 33.5 Å². The summed E-state index contributed by atoms with van der Waals surface area (Å²) in [5.41, 5.74) is 3.04. The zero-order valence-electron chi connectivity index (χ0n) is 6.22. The number of aromatic nitrogens is 2. The molecule has 0 bridgehead atoms. The Kier molecular flexibility index (Phi) is 1.18. The summed E-state index contributed by atoms with van der Waals surface area (Å²) >= 11 is 0. The molecule has 1 heterocycles. The van der Waals surface area contributed by atoms with Crippen LogP contribution in [-0.2, 0) is 6.42 Å². The van der Waals surface area contributed by atoms with Crippen LogP contribution in [0, 0.1) is 0 Å². The minimum Gasteiger partial charge on any atom is -0.309 e. The maximum Gasteiger partial charge on any atom is 0.345 e. The minimum absolute atomic E-state index is 0.258. The van der Waals surface area contributed by atoms with Crippen LogP contribution in [0.15, 0.2) is 16.6 Å². The van der Waals surface area contributed by atoms with Crippen LogP contribution in [0.2, 0.25) is 0 Å². The molecule has 0 aromatic carbocycles. The third-order valence-electron chi connectivity index (χ3n) is 1.78. The fourth-order valence-electron chi connectivity index (χ4n) is 1.31. The van der Waals surface area contributed by atoms with Crippen molar-refractivity contribution in [2.75, 3.05) is 0 Å². The number of hydrogen-bond donors (Lipinski definition) is 1. The fourth-order valence-corrected chi connectivity index (χ4v) is 1.31. The van der Waals surface area contributed by atoms with Gasteiger partial charge in [0.15, 0.2) is 0 Å². The predicted octanol–water partition coefficient (Wildman–Crippen LogP) is 0.729. The van der Waals surface area contributed by atoms with E-state index in [0.717, 1.165) is 17.7 Å². The second kappa shape index (κ2) is 2.05. The maximum absolute atomic E-state index is 10.7. The second-order valence-corrected chi connectivity index (χ2v) is 2.79. The maximum atomic E-state index is 10.7. The average molecular weight is 148 g/mol. The highest BCUT2D eigenvalue weighted by molar-refractivity contribution is 5.59. The minimum atomic E-state index is -0.258. The Morgan fingerprint density at radius 1 is 1.64 bits per heavy atom. The van der Waals surface area contributed by atoms with Crippen LogP contribution in [0.1, 0.15) is 18.2 Å². The lowest BCUT2D eigenvalue weighted by molar-refractivity contribution is 0.983. The van der Waals surface area contributed by atoms with Gasteiger partial charge in [0.25, 0.3) is 0 Å². The van der Waals surface area contributed by atoms with Crippen LogP contribution >= 0.6 is 0 Å². The van der Waals surface area contributed by atoms with Gasteiger partial charge in [0.2, 0.25) is 0 Å². The molecule has 1 aliphatic carbocycles. The van der Waals surface area contributed by atoms with Gasteiger partial charge in [0.05, 0.1) is 0 Å². The summed E-state index contributed by atoms with van der Waals surface area (Å²) in [6.07, 6.45) is 4.51. The summed E-state index contributed by atoms with van der Waals surface area (Å²) in [5.74, 6) is 0. The van der Waals surface area contributed by atoms with Crippen LogP contribution in [0.3, 0.4) is 0 Å². The van der Waals surface area contributed by atoms with Gasteiger partial charge >= 0.3 is 5.69 Å². The van der Waals surface area contributed by atoms with Crippen molar-refractivity contribution in [2.45, 2.75) is 13.3 Å². The number of nitrogens with one attached hydrogen (secondary N) is 1. The van der Waals surface area contributed by atoms with Gasteiger partial charge in [-0.3, -0.25) is 0 Å². The number of aromatic amines is 1. The van der Waals surface area contributed by atoms with Crippen LogP contribution in [0.4, 0.5) is 0 Å². The Hall–Kier alpha value is -1.38. The van der Waals surface area contributed by atoms with E-state index in [2.05, 4.69) is 9.97 Å². The van der Waals surface area contributed by atoms with Crippen molar-refractivity contribution in [1.82, 2.24) is 9.97 Å². The normalized spacial score (nSPS) is 14.5. The first kappa shape index (κ1) is 6.34. The summed E-state index contributed by atoms with van der Waals surface area (Å²) < 4.78 is 0. The molecule has 2 rings (SSSR count).